The van der Waals surface area contributed by atoms with Gasteiger partial charge in [0.25, 0.3) is 5.91 Å². The molecule has 2 aromatic carbocycles. The Labute approximate surface area is 160 Å². The zero-order chi connectivity index (χ0) is 19.8. The summed E-state index contributed by atoms with van der Waals surface area (Å²) >= 11 is 0. The number of H-pyrrole nitrogens is 1. The highest BCUT2D eigenvalue weighted by molar-refractivity contribution is 6.07. The first-order valence-electron chi connectivity index (χ1n) is 8.68. The second kappa shape index (κ2) is 6.80. The van der Waals surface area contributed by atoms with Gasteiger partial charge in [-0.05, 0) is 42.3 Å². The van der Waals surface area contributed by atoms with Crippen molar-refractivity contribution in [3.63, 3.8) is 0 Å². The Morgan fingerprint density at radius 1 is 1.25 bits per heavy atom. The Balaban J connectivity index is 1.67. The molecule has 8 heteroatoms. The first-order chi connectivity index (χ1) is 13.4. The van der Waals surface area contributed by atoms with Crippen LogP contribution in [0, 0.1) is 12.7 Å². The Hall–Kier alpha value is -3.68. The fourth-order valence-electron chi connectivity index (χ4n) is 3.19. The van der Waals surface area contributed by atoms with E-state index in [0.29, 0.717) is 16.8 Å². The highest BCUT2D eigenvalue weighted by atomic mass is 19.1. The normalized spacial score (nSPS) is 16.7. The molecule has 2 heterocycles. The minimum atomic E-state index is -0.680. The third kappa shape index (κ3) is 3.20. The van der Waals surface area contributed by atoms with Crippen LogP contribution in [0.5, 0.6) is 0 Å². The van der Waals surface area contributed by atoms with Gasteiger partial charge in [0.15, 0.2) is 0 Å². The number of aromatic amines is 1. The molecule has 3 amide bonds. The predicted octanol–water partition coefficient (Wildman–Crippen LogP) is 3.23. The SMILES string of the molecule is Cc1cc2cn[nH]c2cc1NC(=O)C1=CN(C)C(=O)N[C@H]1c1ccc(F)cc1. The molecule has 142 valence electrons. The van der Waals surface area contributed by atoms with Crippen molar-refractivity contribution in [1.29, 1.82) is 0 Å². The van der Waals surface area contributed by atoms with Crippen molar-refractivity contribution in [1.82, 2.24) is 20.4 Å². The van der Waals surface area contributed by atoms with Crippen LogP contribution in [-0.4, -0.2) is 34.1 Å². The molecule has 1 aliphatic heterocycles. The lowest BCUT2D eigenvalue weighted by Crippen LogP contribution is -2.44. The van der Waals surface area contributed by atoms with E-state index in [1.165, 1.54) is 23.2 Å². The summed E-state index contributed by atoms with van der Waals surface area (Å²) in [5.74, 6) is -0.746. The van der Waals surface area contributed by atoms with E-state index >= 15 is 0 Å². The smallest absolute Gasteiger partial charge is 0.321 e. The average molecular weight is 379 g/mol. The summed E-state index contributed by atoms with van der Waals surface area (Å²) in [6.45, 7) is 1.89. The van der Waals surface area contributed by atoms with Gasteiger partial charge in [-0.1, -0.05) is 12.1 Å². The van der Waals surface area contributed by atoms with Crippen LogP contribution in [0.1, 0.15) is 17.2 Å². The fraction of sp³-hybridized carbons (Fsp3) is 0.150. The van der Waals surface area contributed by atoms with Crippen molar-refractivity contribution >= 4 is 28.5 Å². The molecule has 1 aliphatic rings. The zero-order valence-electron chi connectivity index (χ0n) is 15.3. The molecule has 0 bridgehead atoms. The lowest BCUT2D eigenvalue weighted by Gasteiger charge is -2.30. The van der Waals surface area contributed by atoms with E-state index in [-0.39, 0.29) is 17.8 Å². The Bertz CT molecular complexity index is 1100. The maximum absolute atomic E-state index is 13.3. The lowest BCUT2D eigenvalue weighted by atomic mass is 9.97. The highest BCUT2D eigenvalue weighted by Crippen LogP contribution is 2.28. The number of nitrogens with zero attached hydrogens (tertiary/aromatic N) is 2. The molecule has 28 heavy (non-hydrogen) atoms. The molecule has 3 N–H and O–H groups in total. The van der Waals surface area contributed by atoms with Gasteiger partial charge in [0.05, 0.1) is 23.3 Å². The Kier molecular flexibility index (Phi) is 4.31. The van der Waals surface area contributed by atoms with E-state index in [0.717, 1.165) is 16.5 Å². The second-order valence-electron chi connectivity index (χ2n) is 6.71. The monoisotopic (exact) mass is 379 g/mol. The Morgan fingerprint density at radius 3 is 2.75 bits per heavy atom. The first-order valence-corrected chi connectivity index (χ1v) is 8.68. The highest BCUT2D eigenvalue weighted by Gasteiger charge is 2.30. The molecule has 0 unspecified atom stereocenters. The number of benzene rings is 2. The largest absolute Gasteiger partial charge is 0.327 e. The number of anilines is 1. The predicted molar refractivity (Wildman–Crippen MR) is 103 cm³/mol. The van der Waals surface area contributed by atoms with E-state index in [4.69, 9.17) is 0 Å². The average Bonchev–Trinajstić information content (AvgIpc) is 3.11. The van der Waals surface area contributed by atoms with Gasteiger partial charge in [0.1, 0.15) is 5.82 Å². The van der Waals surface area contributed by atoms with Crippen molar-refractivity contribution in [3.05, 3.63) is 71.3 Å². The number of aryl methyl sites for hydroxylation is 1. The summed E-state index contributed by atoms with van der Waals surface area (Å²) in [4.78, 5) is 26.4. The van der Waals surface area contributed by atoms with Gasteiger partial charge in [0.2, 0.25) is 0 Å². The number of rotatable bonds is 3. The van der Waals surface area contributed by atoms with Crippen LogP contribution in [0.4, 0.5) is 14.9 Å². The summed E-state index contributed by atoms with van der Waals surface area (Å²) in [6, 6.07) is 8.41. The quantitative estimate of drug-likeness (QED) is 0.653. The number of nitrogens with one attached hydrogen (secondary N) is 3. The number of carbonyl (C=O) groups excluding carboxylic acids is 2. The number of fused-ring (bicyclic) bond motifs is 1. The van der Waals surface area contributed by atoms with Gasteiger partial charge in [-0.15, -0.1) is 0 Å². The fourth-order valence-corrected chi connectivity index (χ4v) is 3.19. The van der Waals surface area contributed by atoms with Gasteiger partial charge in [-0.2, -0.15) is 5.10 Å². The molecule has 0 aliphatic carbocycles. The van der Waals surface area contributed by atoms with Gasteiger partial charge in [-0.3, -0.25) is 9.89 Å². The van der Waals surface area contributed by atoms with Gasteiger partial charge >= 0.3 is 6.03 Å². The van der Waals surface area contributed by atoms with Crippen LogP contribution in [0.2, 0.25) is 0 Å². The van der Waals surface area contributed by atoms with E-state index in [9.17, 15) is 14.0 Å². The summed E-state index contributed by atoms with van der Waals surface area (Å²) < 4.78 is 13.3. The molecule has 0 spiro atoms. The van der Waals surface area contributed by atoms with Crippen LogP contribution < -0.4 is 10.6 Å². The topological polar surface area (TPSA) is 90.1 Å². The van der Waals surface area contributed by atoms with Crippen molar-refractivity contribution in [2.45, 2.75) is 13.0 Å². The number of halogens is 1. The van der Waals surface area contributed by atoms with Crippen LogP contribution >= 0.6 is 0 Å². The summed E-state index contributed by atoms with van der Waals surface area (Å²) in [5, 5.41) is 13.5. The van der Waals surface area contributed by atoms with Crippen LogP contribution in [0.3, 0.4) is 0 Å². The number of hydrogen-bond acceptors (Lipinski definition) is 3. The molecular weight excluding hydrogens is 361 g/mol. The molecule has 0 radical (unpaired) electrons. The van der Waals surface area contributed by atoms with E-state index in [1.807, 2.05) is 19.1 Å². The molecule has 3 aromatic rings. The Morgan fingerprint density at radius 2 is 2.00 bits per heavy atom. The summed E-state index contributed by atoms with van der Waals surface area (Å²) in [5.41, 5.74) is 3.29. The summed E-state index contributed by atoms with van der Waals surface area (Å²) in [6.07, 6.45) is 3.21. The molecule has 0 saturated heterocycles. The van der Waals surface area contributed by atoms with E-state index in [2.05, 4.69) is 20.8 Å². The maximum atomic E-state index is 13.3. The number of aromatic nitrogens is 2. The third-order valence-corrected chi connectivity index (χ3v) is 4.73. The van der Waals surface area contributed by atoms with Crippen LogP contribution in [-0.2, 0) is 4.79 Å². The minimum absolute atomic E-state index is 0.345. The molecule has 4 rings (SSSR count). The first kappa shape index (κ1) is 17.7. The van der Waals surface area contributed by atoms with Gasteiger partial charge < -0.3 is 15.5 Å². The molecule has 1 atom stereocenters. The molecule has 7 nitrogen and oxygen atoms in total. The van der Waals surface area contributed by atoms with Gasteiger partial charge in [0, 0.05) is 24.3 Å². The molecule has 0 saturated carbocycles. The number of carbonyl (C=O) groups is 2. The standard InChI is InChI=1S/C20H18FN5O2/c1-11-7-13-9-22-25-17(13)8-16(11)23-19(27)15-10-26(2)20(28)24-18(15)12-3-5-14(21)6-4-12/h3-10,18H,1-2H3,(H,22,25)(H,23,27)(H,24,28)/t18-/m0/s1. The van der Waals surface area contributed by atoms with Crippen molar-refractivity contribution in [2.75, 3.05) is 12.4 Å². The second-order valence-corrected chi connectivity index (χ2v) is 6.71. The van der Waals surface area contributed by atoms with Crippen molar-refractivity contribution < 1.29 is 14.0 Å². The van der Waals surface area contributed by atoms with Crippen LogP contribution in [0.15, 0.2) is 54.4 Å². The number of urea groups is 1. The maximum Gasteiger partial charge on any atom is 0.321 e. The van der Waals surface area contributed by atoms with Crippen molar-refractivity contribution in [2.24, 2.45) is 0 Å². The number of amides is 3. The van der Waals surface area contributed by atoms with Gasteiger partial charge in [-0.25, -0.2) is 9.18 Å². The molecular formula is C20H18FN5O2. The molecule has 1 aromatic heterocycles. The zero-order valence-corrected chi connectivity index (χ0v) is 15.3. The molecule has 0 fully saturated rings. The van der Waals surface area contributed by atoms with Crippen LogP contribution in [0.25, 0.3) is 10.9 Å². The third-order valence-electron chi connectivity index (χ3n) is 4.73. The number of hydrogen-bond donors (Lipinski definition) is 3. The van der Waals surface area contributed by atoms with Crippen molar-refractivity contribution in [3.8, 4) is 0 Å². The minimum Gasteiger partial charge on any atom is -0.327 e. The summed E-state index contributed by atoms with van der Waals surface area (Å²) in [7, 11) is 1.56. The van der Waals surface area contributed by atoms with E-state index < -0.39 is 6.04 Å². The van der Waals surface area contributed by atoms with E-state index in [1.54, 1.807) is 25.4 Å². The lowest BCUT2D eigenvalue weighted by molar-refractivity contribution is -0.113.